The van der Waals surface area contributed by atoms with Crippen molar-refractivity contribution in [2.45, 2.75) is 25.4 Å². The first-order valence-electron chi connectivity index (χ1n) is 11.5. The number of aromatic nitrogens is 2. The number of H-pyrrole nitrogens is 1. The highest BCUT2D eigenvalue weighted by atomic mass is 19.1. The first-order chi connectivity index (χ1) is 16.9. The van der Waals surface area contributed by atoms with Crippen molar-refractivity contribution in [3.63, 3.8) is 0 Å². The molecule has 9 heteroatoms. The zero-order valence-electron chi connectivity index (χ0n) is 19.7. The number of halogens is 1. The van der Waals surface area contributed by atoms with Gasteiger partial charge in [-0.25, -0.2) is 9.18 Å². The predicted molar refractivity (Wildman–Crippen MR) is 129 cm³/mol. The van der Waals surface area contributed by atoms with E-state index in [1.54, 1.807) is 47.5 Å². The number of rotatable bonds is 4. The third-order valence-electron chi connectivity index (χ3n) is 6.99. The van der Waals surface area contributed by atoms with Gasteiger partial charge in [-0.05, 0) is 50.7 Å². The third kappa shape index (κ3) is 3.63. The van der Waals surface area contributed by atoms with Crippen molar-refractivity contribution < 1.29 is 23.4 Å². The fourth-order valence-electron chi connectivity index (χ4n) is 5.18. The number of pyridine rings is 1. The molecule has 2 atom stereocenters. The lowest BCUT2D eigenvalue weighted by Gasteiger charge is -2.31. The number of fused-ring (bicyclic) bond motifs is 4. The molecule has 4 aromatic rings. The number of aromatic amines is 1. The molecule has 2 saturated heterocycles. The second kappa shape index (κ2) is 8.13. The summed E-state index contributed by atoms with van der Waals surface area (Å²) in [5.74, 6) is 0.674. The fraction of sp³-hybridized carbons (Fsp3) is 0.308. The van der Waals surface area contributed by atoms with Crippen molar-refractivity contribution >= 4 is 27.9 Å². The normalized spacial score (nSPS) is 19.6. The van der Waals surface area contributed by atoms with E-state index in [0.717, 1.165) is 18.7 Å². The van der Waals surface area contributed by atoms with Gasteiger partial charge in [0.2, 0.25) is 0 Å². The lowest BCUT2D eigenvalue weighted by atomic mass is 10.1. The van der Waals surface area contributed by atoms with Crippen LogP contribution in [0.25, 0.3) is 21.8 Å². The molecule has 0 radical (unpaired) electrons. The van der Waals surface area contributed by atoms with Crippen LogP contribution in [0.15, 0.2) is 42.6 Å². The molecule has 2 aromatic carbocycles. The van der Waals surface area contributed by atoms with E-state index in [1.807, 2.05) is 6.92 Å². The SMILES string of the molecule is COc1cc2nccc(Oc3ccc4[nH]c(C)cc4c3F)c2cc1OC(=O)N1CC2CC1CN2C. The fourth-order valence-corrected chi connectivity index (χ4v) is 5.18. The van der Waals surface area contributed by atoms with Crippen LogP contribution in [0.1, 0.15) is 12.1 Å². The topological polar surface area (TPSA) is 79.9 Å². The van der Waals surface area contributed by atoms with Gasteiger partial charge >= 0.3 is 6.09 Å². The number of benzene rings is 2. The molecule has 2 bridgehead atoms. The Morgan fingerprint density at radius 1 is 1.06 bits per heavy atom. The lowest BCUT2D eigenvalue weighted by Crippen LogP contribution is -2.48. The van der Waals surface area contributed by atoms with E-state index in [1.165, 1.54) is 7.11 Å². The zero-order chi connectivity index (χ0) is 24.3. The Kier molecular flexibility index (Phi) is 5.03. The highest BCUT2D eigenvalue weighted by Gasteiger charge is 2.44. The molecular weight excluding hydrogens is 451 g/mol. The van der Waals surface area contributed by atoms with E-state index >= 15 is 4.39 Å². The number of nitrogens with one attached hydrogen (secondary N) is 1. The molecule has 35 heavy (non-hydrogen) atoms. The largest absolute Gasteiger partial charge is 0.493 e. The summed E-state index contributed by atoms with van der Waals surface area (Å²) >= 11 is 0. The van der Waals surface area contributed by atoms with Crippen LogP contribution in [0.4, 0.5) is 9.18 Å². The Labute approximate surface area is 201 Å². The average Bonchev–Trinajstić information content (AvgIpc) is 3.54. The minimum absolute atomic E-state index is 0.0931. The van der Waals surface area contributed by atoms with Gasteiger partial charge in [0.25, 0.3) is 0 Å². The molecule has 8 nitrogen and oxygen atoms in total. The molecule has 2 aliphatic rings. The van der Waals surface area contributed by atoms with Gasteiger partial charge in [0.05, 0.1) is 12.6 Å². The summed E-state index contributed by atoms with van der Waals surface area (Å²) in [6.45, 7) is 3.36. The Morgan fingerprint density at radius 3 is 2.66 bits per heavy atom. The molecule has 2 aromatic heterocycles. The van der Waals surface area contributed by atoms with Crippen molar-refractivity contribution in [2.24, 2.45) is 0 Å². The maximum atomic E-state index is 15.2. The molecule has 1 amide bonds. The first kappa shape index (κ1) is 21.7. The average molecular weight is 477 g/mol. The van der Waals surface area contributed by atoms with Crippen LogP contribution in [-0.2, 0) is 0 Å². The molecule has 1 N–H and O–H groups in total. The van der Waals surface area contributed by atoms with Crippen LogP contribution in [0.5, 0.6) is 23.0 Å². The molecule has 0 saturated carbocycles. The van der Waals surface area contributed by atoms with E-state index in [9.17, 15) is 4.79 Å². The van der Waals surface area contributed by atoms with Crippen LogP contribution in [0, 0.1) is 12.7 Å². The molecule has 180 valence electrons. The second-order valence-corrected chi connectivity index (χ2v) is 9.23. The van der Waals surface area contributed by atoms with Crippen molar-refractivity contribution in [2.75, 3.05) is 27.2 Å². The quantitative estimate of drug-likeness (QED) is 0.454. The molecule has 2 unspecified atom stereocenters. The van der Waals surface area contributed by atoms with Gasteiger partial charge in [-0.15, -0.1) is 0 Å². The number of nitrogens with zero attached hydrogens (tertiary/aromatic N) is 3. The number of carbonyl (C=O) groups is 1. The predicted octanol–water partition coefficient (Wildman–Crippen LogP) is 4.85. The minimum atomic E-state index is -0.453. The Hall–Kier alpha value is -3.85. The number of ether oxygens (including phenoxy) is 3. The van der Waals surface area contributed by atoms with Gasteiger partial charge in [-0.3, -0.25) is 9.88 Å². The van der Waals surface area contributed by atoms with Gasteiger partial charge < -0.3 is 24.1 Å². The zero-order valence-corrected chi connectivity index (χ0v) is 19.7. The molecule has 2 fully saturated rings. The Morgan fingerprint density at radius 2 is 1.91 bits per heavy atom. The van der Waals surface area contributed by atoms with Gasteiger partial charge in [0.15, 0.2) is 23.1 Å². The number of likely N-dealkylation sites (tertiary alicyclic amines) is 2. The van der Waals surface area contributed by atoms with E-state index in [0.29, 0.717) is 45.9 Å². The number of piperazine rings is 1. The molecule has 4 heterocycles. The van der Waals surface area contributed by atoms with Crippen LogP contribution >= 0.6 is 0 Å². The molecule has 6 rings (SSSR count). The van der Waals surface area contributed by atoms with Crippen LogP contribution in [0.3, 0.4) is 0 Å². The smallest absolute Gasteiger partial charge is 0.415 e. The molecule has 0 spiro atoms. The minimum Gasteiger partial charge on any atom is -0.493 e. The summed E-state index contributed by atoms with van der Waals surface area (Å²) in [6, 6.07) is 10.6. The summed E-state index contributed by atoms with van der Waals surface area (Å²) in [7, 11) is 3.58. The summed E-state index contributed by atoms with van der Waals surface area (Å²) in [5, 5.41) is 1.03. The lowest BCUT2D eigenvalue weighted by molar-refractivity contribution is 0.117. The van der Waals surface area contributed by atoms with Gasteiger partial charge in [0.1, 0.15) is 5.75 Å². The van der Waals surface area contributed by atoms with Crippen molar-refractivity contribution in [1.82, 2.24) is 19.8 Å². The third-order valence-corrected chi connectivity index (χ3v) is 6.99. The van der Waals surface area contributed by atoms with Crippen molar-refractivity contribution in [1.29, 1.82) is 0 Å². The van der Waals surface area contributed by atoms with Crippen LogP contribution in [0.2, 0.25) is 0 Å². The second-order valence-electron chi connectivity index (χ2n) is 9.23. The maximum absolute atomic E-state index is 15.2. The summed E-state index contributed by atoms with van der Waals surface area (Å²) in [6.07, 6.45) is 2.13. The number of methoxy groups -OCH3 is 1. The first-order valence-corrected chi connectivity index (χ1v) is 11.5. The van der Waals surface area contributed by atoms with E-state index in [2.05, 4.69) is 21.9 Å². The highest BCUT2D eigenvalue weighted by Crippen LogP contribution is 2.39. The number of amides is 1. The molecular formula is C26H25FN4O4. The van der Waals surface area contributed by atoms with Gasteiger partial charge in [-0.2, -0.15) is 0 Å². The van der Waals surface area contributed by atoms with E-state index in [4.69, 9.17) is 14.2 Å². The van der Waals surface area contributed by atoms with Gasteiger partial charge in [0, 0.05) is 59.4 Å². The van der Waals surface area contributed by atoms with Crippen molar-refractivity contribution in [3.05, 3.63) is 54.1 Å². The maximum Gasteiger partial charge on any atom is 0.415 e. The number of hydrogen-bond donors (Lipinski definition) is 1. The molecule has 0 aliphatic carbocycles. The summed E-state index contributed by atoms with van der Waals surface area (Å²) < 4.78 is 32.4. The highest BCUT2D eigenvalue weighted by molar-refractivity contribution is 5.90. The van der Waals surface area contributed by atoms with Crippen LogP contribution in [-0.4, -0.2) is 65.2 Å². The monoisotopic (exact) mass is 476 g/mol. The number of carbonyl (C=O) groups excluding carboxylic acids is 1. The number of aryl methyl sites for hydroxylation is 1. The Balaban J connectivity index is 1.34. The van der Waals surface area contributed by atoms with E-state index in [-0.39, 0.29) is 17.5 Å². The van der Waals surface area contributed by atoms with Crippen LogP contribution < -0.4 is 14.2 Å². The summed E-state index contributed by atoms with van der Waals surface area (Å²) in [4.78, 5) is 24.5. The molecule has 2 aliphatic heterocycles. The van der Waals surface area contributed by atoms with Gasteiger partial charge in [-0.1, -0.05) is 0 Å². The number of likely N-dealkylation sites (N-methyl/N-ethyl adjacent to an activating group) is 1. The van der Waals surface area contributed by atoms with E-state index < -0.39 is 11.9 Å². The Bertz CT molecular complexity index is 1470. The number of hydrogen-bond acceptors (Lipinski definition) is 6. The standard InChI is InChI=1S/C26H25FN4O4/c1-14-8-18-19(29-14)4-5-22(25(18)27)34-21-6-7-28-20-11-23(33-3)24(10-17(20)21)35-26(32)31-13-15-9-16(31)12-30(15)2/h4-8,10-11,15-16,29H,9,12-13H2,1-3H3. The van der Waals surface area contributed by atoms with Crippen molar-refractivity contribution in [3.8, 4) is 23.0 Å². The summed E-state index contributed by atoms with van der Waals surface area (Å²) in [5.41, 5.74) is 2.13.